The van der Waals surface area contributed by atoms with E-state index in [1.54, 1.807) is 58.6 Å². The molecule has 1 heterocycles. The van der Waals surface area contributed by atoms with E-state index < -0.39 is 34.8 Å². The van der Waals surface area contributed by atoms with Crippen molar-refractivity contribution < 1.29 is 29.0 Å². The number of carbonyl (C=O) groups is 3. The molecule has 200 valence electrons. The van der Waals surface area contributed by atoms with E-state index in [1.165, 1.54) is 0 Å². The van der Waals surface area contributed by atoms with Gasteiger partial charge in [0.1, 0.15) is 16.6 Å². The number of carbonyl (C=O) groups excluding carboxylic acids is 2. The first kappa shape index (κ1) is 28.0. The summed E-state index contributed by atoms with van der Waals surface area (Å²) in [6.07, 6.45) is 6.87. The van der Waals surface area contributed by atoms with Crippen LogP contribution in [0.25, 0.3) is 12.3 Å². The molecule has 0 saturated heterocycles. The number of imidazole rings is 1. The van der Waals surface area contributed by atoms with E-state index in [0.29, 0.717) is 25.0 Å². The third-order valence-electron chi connectivity index (χ3n) is 5.95. The van der Waals surface area contributed by atoms with Crippen molar-refractivity contribution >= 4 is 30.4 Å². The number of rotatable bonds is 8. The van der Waals surface area contributed by atoms with Crippen molar-refractivity contribution in [2.45, 2.75) is 77.4 Å². The number of imide groups is 1. The summed E-state index contributed by atoms with van der Waals surface area (Å²) in [6, 6.07) is 9.78. The summed E-state index contributed by atoms with van der Waals surface area (Å²) < 4.78 is 12.5. The molecule has 1 aromatic heterocycles. The Hall–Kier alpha value is -3.62. The molecular weight excluding hydrogens is 474 g/mol. The molecule has 2 unspecified atom stereocenters. The number of carboxylic acid groups (broad SMARTS) is 1. The average Bonchev–Trinajstić information content (AvgIpc) is 3.32. The third kappa shape index (κ3) is 7.44. The van der Waals surface area contributed by atoms with E-state index in [9.17, 15) is 19.5 Å². The van der Waals surface area contributed by atoms with Gasteiger partial charge in [0, 0.05) is 18.9 Å². The van der Waals surface area contributed by atoms with Gasteiger partial charge in [0.25, 0.3) is 0 Å². The Bertz CT molecular complexity index is 1110. The highest BCUT2D eigenvalue weighted by molar-refractivity contribution is 5.88. The van der Waals surface area contributed by atoms with Gasteiger partial charge in [-0.1, -0.05) is 30.3 Å². The minimum Gasteiger partial charge on any atom is -0.481 e. The lowest BCUT2D eigenvalue weighted by Crippen LogP contribution is -2.44. The molecule has 2 atom stereocenters. The highest BCUT2D eigenvalue weighted by atomic mass is 16.6. The van der Waals surface area contributed by atoms with E-state index in [4.69, 9.17) is 9.47 Å². The van der Waals surface area contributed by atoms with Gasteiger partial charge in [-0.2, -0.15) is 0 Å². The van der Waals surface area contributed by atoms with E-state index >= 15 is 0 Å². The number of aromatic nitrogens is 2. The maximum absolute atomic E-state index is 12.7. The second-order valence-corrected chi connectivity index (χ2v) is 11.4. The highest BCUT2D eigenvalue weighted by Gasteiger charge is 2.62. The number of aliphatic carboxylic acids is 1. The lowest BCUT2D eigenvalue weighted by atomic mass is 9.98. The van der Waals surface area contributed by atoms with E-state index in [1.807, 2.05) is 42.6 Å². The van der Waals surface area contributed by atoms with Gasteiger partial charge in [0.2, 0.25) is 0 Å². The summed E-state index contributed by atoms with van der Waals surface area (Å²) in [5.74, 6) is -1.09. The van der Waals surface area contributed by atoms with Crippen LogP contribution in [0.4, 0.5) is 9.59 Å². The van der Waals surface area contributed by atoms with Crippen LogP contribution in [0.5, 0.6) is 0 Å². The molecule has 3 rings (SSSR count). The Morgan fingerprint density at radius 1 is 1.08 bits per heavy atom. The van der Waals surface area contributed by atoms with Crippen molar-refractivity contribution in [3.05, 3.63) is 54.1 Å². The molecule has 1 aromatic carbocycles. The van der Waals surface area contributed by atoms with Crippen LogP contribution in [0.1, 0.15) is 72.1 Å². The Morgan fingerprint density at radius 2 is 1.68 bits per heavy atom. The zero-order valence-electron chi connectivity index (χ0n) is 22.4. The largest absolute Gasteiger partial charge is 0.481 e. The number of ether oxygens (including phenoxy) is 2. The lowest BCUT2D eigenvalue weighted by molar-refractivity contribution is -0.140. The van der Waals surface area contributed by atoms with Crippen molar-refractivity contribution in [1.29, 1.82) is 0 Å². The standard InChI is InChI=1S/C28H37N3O6/c1-26(2,3)36-24(34)31(25(35)37-27(4,5)6)15-10-13-21-17-28(21,23(32)33)22-18-30(19-29-22)16-14-20-11-8-7-9-12-20/h7-9,11-12,14,16,18-19,21H,10,13,15,17H2,1-6H3,(H,32,33)/b16-14+. The zero-order chi connectivity index (χ0) is 27.4. The molecule has 2 aromatic rings. The normalized spacial score (nSPS) is 19.5. The minimum atomic E-state index is -1.07. The molecule has 37 heavy (non-hydrogen) atoms. The van der Waals surface area contributed by atoms with Crippen molar-refractivity contribution in [3.63, 3.8) is 0 Å². The molecule has 1 saturated carbocycles. The Morgan fingerprint density at radius 3 is 2.22 bits per heavy atom. The molecule has 1 aliphatic carbocycles. The number of nitrogens with zero attached hydrogens (tertiary/aromatic N) is 3. The molecule has 1 fully saturated rings. The molecule has 1 N–H and O–H groups in total. The first-order valence-electron chi connectivity index (χ1n) is 12.5. The number of hydrogen-bond acceptors (Lipinski definition) is 6. The Kier molecular flexibility index (Phi) is 8.15. The molecule has 0 aliphatic heterocycles. The topological polar surface area (TPSA) is 111 Å². The summed E-state index contributed by atoms with van der Waals surface area (Å²) in [5, 5.41) is 10.1. The first-order valence-corrected chi connectivity index (χ1v) is 12.5. The molecule has 9 heteroatoms. The minimum absolute atomic E-state index is 0.0598. The van der Waals surface area contributed by atoms with Gasteiger partial charge >= 0.3 is 18.2 Å². The van der Waals surface area contributed by atoms with Crippen molar-refractivity contribution in [2.75, 3.05) is 6.54 Å². The van der Waals surface area contributed by atoms with Crippen LogP contribution in [0, 0.1) is 5.92 Å². The average molecular weight is 512 g/mol. The second kappa shape index (κ2) is 10.8. The Labute approximate surface area is 218 Å². The van der Waals surface area contributed by atoms with Crippen LogP contribution >= 0.6 is 0 Å². The van der Waals surface area contributed by atoms with Gasteiger partial charge in [0.05, 0.1) is 12.0 Å². The molecule has 9 nitrogen and oxygen atoms in total. The molecule has 0 spiro atoms. The van der Waals surface area contributed by atoms with Gasteiger partial charge < -0.3 is 19.1 Å². The van der Waals surface area contributed by atoms with Gasteiger partial charge in [-0.25, -0.2) is 19.5 Å². The van der Waals surface area contributed by atoms with Crippen LogP contribution in [-0.2, 0) is 19.7 Å². The number of amides is 2. The summed E-state index contributed by atoms with van der Waals surface area (Å²) in [7, 11) is 0. The maximum atomic E-state index is 12.7. The molecular formula is C28H37N3O6. The summed E-state index contributed by atoms with van der Waals surface area (Å²) in [5.41, 5.74) is -1.11. The smallest absolute Gasteiger partial charge is 0.419 e. The molecule has 0 radical (unpaired) electrons. The summed E-state index contributed by atoms with van der Waals surface area (Å²) in [4.78, 5) is 43.0. The van der Waals surface area contributed by atoms with Gasteiger partial charge in [0.15, 0.2) is 0 Å². The van der Waals surface area contributed by atoms with Crippen molar-refractivity contribution in [3.8, 4) is 0 Å². The quantitative estimate of drug-likeness (QED) is 0.476. The predicted octanol–water partition coefficient (Wildman–Crippen LogP) is 5.81. The molecule has 2 amide bonds. The summed E-state index contributed by atoms with van der Waals surface area (Å²) >= 11 is 0. The first-order chi connectivity index (χ1) is 17.2. The maximum Gasteiger partial charge on any atom is 0.419 e. The third-order valence-corrected chi connectivity index (χ3v) is 5.95. The fraction of sp³-hybridized carbons (Fsp3) is 0.500. The van der Waals surface area contributed by atoms with Crippen LogP contribution in [0.15, 0.2) is 42.9 Å². The number of hydrogen-bond donors (Lipinski definition) is 1. The highest BCUT2D eigenvalue weighted by Crippen LogP contribution is 2.56. The zero-order valence-corrected chi connectivity index (χ0v) is 22.4. The van der Waals surface area contributed by atoms with Crippen LogP contribution in [-0.4, -0.2) is 55.5 Å². The van der Waals surface area contributed by atoms with Crippen molar-refractivity contribution in [1.82, 2.24) is 14.5 Å². The number of carboxylic acids is 1. The fourth-order valence-electron chi connectivity index (χ4n) is 4.14. The fourth-order valence-corrected chi connectivity index (χ4v) is 4.14. The SMILES string of the molecule is CC(C)(C)OC(=O)N(CCCC1CC1(C(=O)O)c1cn(/C=C/c2ccccc2)cn1)C(=O)OC(C)(C)C. The van der Waals surface area contributed by atoms with Crippen molar-refractivity contribution in [2.24, 2.45) is 5.92 Å². The van der Waals surface area contributed by atoms with E-state index in [2.05, 4.69) is 4.98 Å². The predicted molar refractivity (Wildman–Crippen MR) is 140 cm³/mol. The van der Waals surface area contributed by atoms with Crippen LogP contribution in [0.3, 0.4) is 0 Å². The number of benzene rings is 1. The van der Waals surface area contributed by atoms with E-state index in [-0.39, 0.29) is 12.5 Å². The van der Waals surface area contributed by atoms with Gasteiger partial charge in [-0.15, -0.1) is 0 Å². The summed E-state index contributed by atoms with van der Waals surface area (Å²) in [6.45, 7) is 10.4. The lowest BCUT2D eigenvalue weighted by Gasteiger charge is -2.28. The second-order valence-electron chi connectivity index (χ2n) is 11.4. The Balaban J connectivity index is 1.65. The van der Waals surface area contributed by atoms with Gasteiger partial charge in [-0.05, 0) is 78.4 Å². The molecule has 1 aliphatic rings. The molecule has 0 bridgehead atoms. The van der Waals surface area contributed by atoms with Gasteiger partial charge in [-0.3, -0.25) is 4.79 Å². The van der Waals surface area contributed by atoms with Crippen LogP contribution < -0.4 is 0 Å². The van der Waals surface area contributed by atoms with Crippen LogP contribution in [0.2, 0.25) is 0 Å². The van der Waals surface area contributed by atoms with E-state index in [0.717, 1.165) is 10.5 Å². The monoisotopic (exact) mass is 511 g/mol.